The van der Waals surface area contributed by atoms with Gasteiger partial charge >= 0.3 is 0 Å². The van der Waals surface area contributed by atoms with Gasteiger partial charge in [0, 0.05) is 6.92 Å². The zero-order chi connectivity index (χ0) is 11.5. The molecule has 2 rings (SSSR count). The molecular weight excluding hydrogens is 209 g/mol. The van der Waals surface area contributed by atoms with Crippen LogP contribution in [0.5, 0.6) is 0 Å². The molecule has 0 atom stereocenters. The van der Waals surface area contributed by atoms with Crippen molar-refractivity contribution in [3.05, 3.63) is 42.5 Å². The number of nitrogens with zero attached hydrogens (tertiary/aromatic N) is 2. The topological polar surface area (TPSA) is 46.9 Å². The van der Waals surface area contributed by atoms with E-state index in [1.54, 1.807) is 23.0 Å². The first-order valence-electron chi connectivity index (χ1n) is 4.73. The highest BCUT2D eigenvalue weighted by atomic mass is 19.1. The van der Waals surface area contributed by atoms with E-state index in [1.807, 2.05) is 0 Å². The van der Waals surface area contributed by atoms with E-state index >= 15 is 0 Å². The summed E-state index contributed by atoms with van der Waals surface area (Å²) in [5.74, 6) is -0.448. The molecule has 1 heterocycles. The van der Waals surface area contributed by atoms with Gasteiger partial charge in [0.25, 0.3) is 0 Å². The van der Waals surface area contributed by atoms with Crippen molar-refractivity contribution in [1.82, 2.24) is 9.78 Å². The van der Waals surface area contributed by atoms with Crippen molar-refractivity contribution in [3.8, 4) is 5.69 Å². The Morgan fingerprint density at radius 3 is 2.69 bits per heavy atom. The summed E-state index contributed by atoms with van der Waals surface area (Å²) in [5, 5.41) is 6.66. The van der Waals surface area contributed by atoms with Crippen molar-refractivity contribution in [1.29, 1.82) is 0 Å². The van der Waals surface area contributed by atoms with Crippen LogP contribution in [0, 0.1) is 5.82 Å². The highest BCUT2D eigenvalue weighted by Gasteiger charge is 2.01. The number of carbonyl (C=O) groups excluding carboxylic acids is 1. The van der Waals surface area contributed by atoms with Gasteiger partial charge in [-0.15, -0.1) is 0 Å². The van der Waals surface area contributed by atoms with E-state index in [0.717, 1.165) is 5.69 Å². The van der Waals surface area contributed by atoms with Gasteiger partial charge in [-0.3, -0.25) is 4.79 Å². The fraction of sp³-hybridized carbons (Fsp3) is 0.0909. The molecule has 1 N–H and O–H groups in total. The maximum absolute atomic E-state index is 12.7. The second-order valence-corrected chi connectivity index (χ2v) is 3.33. The number of halogens is 1. The van der Waals surface area contributed by atoms with Crippen molar-refractivity contribution >= 4 is 11.6 Å². The first kappa shape index (κ1) is 10.4. The molecule has 0 aliphatic rings. The molecule has 0 saturated carbocycles. The van der Waals surface area contributed by atoms with E-state index in [2.05, 4.69) is 10.4 Å². The average Bonchev–Trinajstić information content (AvgIpc) is 2.66. The lowest BCUT2D eigenvalue weighted by Crippen LogP contribution is -2.04. The predicted molar refractivity (Wildman–Crippen MR) is 57.8 cm³/mol. The van der Waals surface area contributed by atoms with Crippen LogP contribution in [0.15, 0.2) is 36.7 Å². The van der Waals surface area contributed by atoms with Crippen LogP contribution in [0.3, 0.4) is 0 Å². The molecule has 5 heteroatoms. The fourth-order valence-corrected chi connectivity index (χ4v) is 1.33. The van der Waals surface area contributed by atoms with Gasteiger partial charge in [0.05, 0.1) is 23.8 Å². The average molecular weight is 219 g/mol. The first-order valence-corrected chi connectivity index (χ1v) is 4.73. The Bertz CT molecular complexity index is 504. The Morgan fingerprint density at radius 2 is 2.06 bits per heavy atom. The lowest BCUT2D eigenvalue weighted by molar-refractivity contribution is -0.114. The van der Waals surface area contributed by atoms with Crippen molar-refractivity contribution in [2.45, 2.75) is 6.92 Å². The van der Waals surface area contributed by atoms with Crippen molar-refractivity contribution < 1.29 is 9.18 Å². The quantitative estimate of drug-likeness (QED) is 0.839. The van der Waals surface area contributed by atoms with Gasteiger partial charge < -0.3 is 5.32 Å². The molecule has 0 spiro atoms. The van der Waals surface area contributed by atoms with E-state index in [0.29, 0.717) is 5.69 Å². The van der Waals surface area contributed by atoms with Gasteiger partial charge in [-0.25, -0.2) is 9.07 Å². The van der Waals surface area contributed by atoms with Crippen molar-refractivity contribution in [3.63, 3.8) is 0 Å². The molecule has 0 saturated heterocycles. The summed E-state index contributed by atoms with van der Waals surface area (Å²) in [4.78, 5) is 10.8. The van der Waals surface area contributed by atoms with Crippen molar-refractivity contribution in [2.24, 2.45) is 0 Å². The summed E-state index contributed by atoms with van der Waals surface area (Å²) in [7, 11) is 0. The Labute approximate surface area is 91.7 Å². The third-order valence-corrected chi connectivity index (χ3v) is 1.99. The Morgan fingerprint density at radius 1 is 1.38 bits per heavy atom. The molecular formula is C11H10FN3O. The molecule has 0 aliphatic carbocycles. The van der Waals surface area contributed by atoms with Gasteiger partial charge in [0.2, 0.25) is 5.91 Å². The van der Waals surface area contributed by atoms with Crippen LogP contribution in [0.25, 0.3) is 5.69 Å². The number of hydrogen-bond acceptors (Lipinski definition) is 2. The SMILES string of the molecule is CC(=O)Nc1cnn(-c2ccc(F)cc2)c1. The molecule has 2 aromatic rings. The molecule has 0 radical (unpaired) electrons. The summed E-state index contributed by atoms with van der Waals surface area (Å²) in [6, 6.07) is 5.93. The van der Waals surface area contributed by atoms with Crippen LogP contribution < -0.4 is 5.32 Å². The fourth-order valence-electron chi connectivity index (χ4n) is 1.33. The van der Waals surface area contributed by atoms with Crippen molar-refractivity contribution in [2.75, 3.05) is 5.32 Å². The van der Waals surface area contributed by atoms with E-state index in [4.69, 9.17) is 0 Å². The highest BCUT2D eigenvalue weighted by molar-refractivity contribution is 5.88. The van der Waals surface area contributed by atoms with Crippen LogP contribution in [0.4, 0.5) is 10.1 Å². The van der Waals surface area contributed by atoms with Crippen LogP contribution in [-0.4, -0.2) is 15.7 Å². The Kier molecular flexibility index (Phi) is 2.68. The van der Waals surface area contributed by atoms with Gasteiger partial charge in [0.15, 0.2) is 0 Å². The number of nitrogens with one attached hydrogen (secondary N) is 1. The minimum absolute atomic E-state index is 0.154. The van der Waals surface area contributed by atoms with Crippen LogP contribution in [0.2, 0.25) is 0 Å². The smallest absolute Gasteiger partial charge is 0.221 e. The summed E-state index contributed by atoms with van der Waals surface area (Å²) >= 11 is 0. The predicted octanol–water partition coefficient (Wildman–Crippen LogP) is 1.97. The summed E-state index contributed by atoms with van der Waals surface area (Å²) in [6.07, 6.45) is 3.19. The normalized spacial score (nSPS) is 10.1. The number of aromatic nitrogens is 2. The van der Waals surface area contributed by atoms with Crippen LogP contribution >= 0.6 is 0 Å². The summed E-state index contributed by atoms with van der Waals surface area (Å²) in [6.45, 7) is 1.43. The summed E-state index contributed by atoms with van der Waals surface area (Å²) < 4.78 is 14.3. The molecule has 0 bridgehead atoms. The molecule has 4 nitrogen and oxygen atoms in total. The molecule has 0 aliphatic heterocycles. The van der Waals surface area contributed by atoms with Crippen LogP contribution in [-0.2, 0) is 4.79 Å². The molecule has 16 heavy (non-hydrogen) atoms. The van der Waals surface area contributed by atoms with E-state index in [1.165, 1.54) is 25.3 Å². The molecule has 1 aromatic carbocycles. The van der Waals surface area contributed by atoms with E-state index in [9.17, 15) is 9.18 Å². The van der Waals surface area contributed by atoms with Gasteiger partial charge in [-0.2, -0.15) is 5.10 Å². The lowest BCUT2D eigenvalue weighted by atomic mass is 10.3. The number of hydrogen-bond donors (Lipinski definition) is 1. The minimum atomic E-state index is -0.294. The summed E-state index contributed by atoms with van der Waals surface area (Å²) in [5.41, 5.74) is 1.34. The molecule has 1 amide bonds. The second kappa shape index (κ2) is 4.14. The largest absolute Gasteiger partial charge is 0.324 e. The number of amides is 1. The van der Waals surface area contributed by atoms with Crippen LogP contribution in [0.1, 0.15) is 6.92 Å². The number of rotatable bonds is 2. The van der Waals surface area contributed by atoms with Gasteiger partial charge in [0.1, 0.15) is 5.82 Å². The second-order valence-electron chi connectivity index (χ2n) is 3.33. The minimum Gasteiger partial charge on any atom is -0.324 e. The zero-order valence-electron chi connectivity index (χ0n) is 8.64. The highest BCUT2D eigenvalue weighted by Crippen LogP contribution is 2.12. The van der Waals surface area contributed by atoms with E-state index in [-0.39, 0.29) is 11.7 Å². The molecule has 82 valence electrons. The third-order valence-electron chi connectivity index (χ3n) is 1.99. The van der Waals surface area contributed by atoms with Gasteiger partial charge in [-0.05, 0) is 24.3 Å². The molecule has 0 fully saturated rings. The standard InChI is InChI=1S/C11H10FN3O/c1-8(16)14-10-6-13-15(7-10)11-4-2-9(12)3-5-11/h2-7H,1H3,(H,14,16). The maximum atomic E-state index is 12.7. The first-order chi connectivity index (χ1) is 7.65. The third kappa shape index (κ3) is 2.25. The Balaban J connectivity index is 2.24. The molecule has 0 unspecified atom stereocenters. The zero-order valence-corrected chi connectivity index (χ0v) is 8.64. The van der Waals surface area contributed by atoms with Gasteiger partial charge in [-0.1, -0.05) is 0 Å². The maximum Gasteiger partial charge on any atom is 0.221 e. The molecule has 1 aromatic heterocycles. The number of benzene rings is 1. The lowest BCUT2D eigenvalue weighted by Gasteiger charge is -2.00. The monoisotopic (exact) mass is 219 g/mol. The Hall–Kier alpha value is -2.17. The number of carbonyl (C=O) groups is 1. The number of anilines is 1. The van der Waals surface area contributed by atoms with E-state index < -0.39 is 0 Å².